The van der Waals surface area contributed by atoms with E-state index in [1.54, 1.807) is 6.07 Å². The summed E-state index contributed by atoms with van der Waals surface area (Å²) in [5.41, 5.74) is 4.61. The van der Waals surface area contributed by atoms with Gasteiger partial charge in [0.25, 0.3) is 0 Å². The van der Waals surface area contributed by atoms with Gasteiger partial charge in [-0.05, 0) is 73.2 Å². The maximum absolute atomic E-state index is 13.3. The molecule has 0 unspecified atom stereocenters. The third-order valence-corrected chi connectivity index (χ3v) is 4.52. The van der Waals surface area contributed by atoms with E-state index in [9.17, 15) is 9.18 Å². The lowest BCUT2D eigenvalue weighted by Gasteiger charge is -2.14. The Kier molecular flexibility index (Phi) is 3.51. The number of halogens is 1. The zero-order chi connectivity index (χ0) is 15.9. The van der Waals surface area contributed by atoms with Gasteiger partial charge >= 0.3 is 0 Å². The molecule has 0 spiro atoms. The molecule has 0 bridgehead atoms. The predicted molar refractivity (Wildman–Crippen MR) is 87.3 cm³/mol. The number of hydrogen-bond donors (Lipinski definition) is 1. The smallest absolute Gasteiger partial charge is 0.230 e. The Balaban J connectivity index is 1.94. The van der Waals surface area contributed by atoms with Gasteiger partial charge in [-0.3, -0.25) is 4.79 Å². The Morgan fingerprint density at radius 3 is 2.41 bits per heavy atom. The molecule has 3 heteroatoms. The fourth-order valence-electron chi connectivity index (χ4n) is 2.62. The number of carbonyl (C=O) groups is 1. The van der Waals surface area contributed by atoms with Crippen LogP contribution in [0.1, 0.15) is 30.9 Å². The van der Waals surface area contributed by atoms with Crippen molar-refractivity contribution in [3.63, 3.8) is 0 Å². The van der Waals surface area contributed by atoms with Gasteiger partial charge in [0.15, 0.2) is 0 Å². The van der Waals surface area contributed by atoms with E-state index in [0.29, 0.717) is 0 Å². The fraction of sp³-hybridized carbons (Fsp3) is 0.316. The van der Waals surface area contributed by atoms with Crippen molar-refractivity contribution in [3.8, 4) is 11.1 Å². The van der Waals surface area contributed by atoms with Crippen molar-refractivity contribution < 1.29 is 9.18 Å². The molecule has 0 aliphatic heterocycles. The second-order valence-corrected chi connectivity index (χ2v) is 6.50. The van der Waals surface area contributed by atoms with Gasteiger partial charge in [-0.1, -0.05) is 19.1 Å². The van der Waals surface area contributed by atoms with Crippen LogP contribution < -0.4 is 5.32 Å². The van der Waals surface area contributed by atoms with Crippen LogP contribution in [0.3, 0.4) is 0 Å². The molecule has 1 saturated carbocycles. The Hall–Kier alpha value is -2.16. The van der Waals surface area contributed by atoms with Gasteiger partial charge in [0.2, 0.25) is 5.91 Å². The molecule has 2 aromatic rings. The van der Waals surface area contributed by atoms with Crippen LogP contribution in [0.4, 0.5) is 10.1 Å². The molecule has 2 nitrogen and oxygen atoms in total. The first-order valence-corrected chi connectivity index (χ1v) is 7.58. The van der Waals surface area contributed by atoms with Gasteiger partial charge in [-0.15, -0.1) is 0 Å². The summed E-state index contributed by atoms with van der Waals surface area (Å²) in [7, 11) is 0. The predicted octanol–water partition coefficient (Wildman–Crippen LogP) is 4.85. The molecule has 0 atom stereocenters. The molecule has 0 saturated heterocycles. The van der Waals surface area contributed by atoms with Gasteiger partial charge in [-0.25, -0.2) is 4.39 Å². The SMILES string of the molecule is Cc1cc(F)ccc1-c1cc(NC(=O)C2(C)CC2)ccc1C. The molecule has 0 radical (unpaired) electrons. The Morgan fingerprint density at radius 2 is 1.77 bits per heavy atom. The average molecular weight is 297 g/mol. The minimum Gasteiger partial charge on any atom is -0.326 e. The minimum absolute atomic E-state index is 0.0816. The van der Waals surface area contributed by atoms with Crippen molar-refractivity contribution >= 4 is 11.6 Å². The van der Waals surface area contributed by atoms with Crippen molar-refractivity contribution in [2.75, 3.05) is 5.32 Å². The number of anilines is 1. The van der Waals surface area contributed by atoms with Crippen LogP contribution in [0.5, 0.6) is 0 Å². The summed E-state index contributed by atoms with van der Waals surface area (Å²) in [6, 6.07) is 10.7. The number of amides is 1. The highest BCUT2D eigenvalue weighted by molar-refractivity contribution is 5.97. The number of nitrogens with one attached hydrogen (secondary N) is 1. The van der Waals surface area contributed by atoms with E-state index < -0.39 is 0 Å². The average Bonchev–Trinajstić information content (AvgIpc) is 3.21. The summed E-state index contributed by atoms with van der Waals surface area (Å²) in [5, 5.41) is 3.00. The number of rotatable bonds is 3. The summed E-state index contributed by atoms with van der Waals surface area (Å²) in [6.07, 6.45) is 1.91. The zero-order valence-electron chi connectivity index (χ0n) is 13.2. The number of hydrogen-bond acceptors (Lipinski definition) is 1. The largest absolute Gasteiger partial charge is 0.326 e. The zero-order valence-corrected chi connectivity index (χ0v) is 13.2. The quantitative estimate of drug-likeness (QED) is 0.862. The standard InChI is InChI=1S/C19H20FNO/c1-12-4-6-15(21-18(22)19(3)8-9-19)11-17(12)16-7-5-14(20)10-13(16)2/h4-7,10-11H,8-9H2,1-3H3,(H,21,22). The molecule has 2 aromatic carbocycles. The summed E-state index contributed by atoms with van der Waals surface area (Å²) in [4.78, 5) is 12.2. The lowest BCUT2D eigenvalue weighted by Crippen LogP contribution is -2.21. The van der Waals surface area contributed by atoms with Crippen LogP contribution in [0.2, 0.25) is 0 Å². The highest BCUT2D eigenvalue weighted by atomic mass is 19.1. The molecule has 0 heterocycles. The second kappa shape index (κ2) is 5.24. The molecule has 22 heavy (non-hydrogen) atoms. The molecule has 1 N–H and O–H groups in total. The summed E-state index contributed by atoms with van der Waals surface area (Å²) in [6.45, 7) is 5.90. The topological polar surface area (TPSA) is 29.1 Å². The van der Waals surface area contributed by atoms with Gasteiger partial charge in [0.05, 0.1) is 0 Å². The van der Waals surface area contributed by atoms with Crippen molar-refractivity contribution in [2.45, 2.75) is 33.6 Å². The third-order valence-electron chi connectivity index (χ3n) is 4.52. The second-order valence-electron chi connectivity index (χ2n) is 6.50. The highest BCUT2D eigenvalue weighted by Gasteiger charge is 2.44. The first kappa shape index (κ1) is 14.8. The summed E-state index contributed by atoms with van der Waals surface area (Å²) >= 11 is 0. The molecule has 114 valence electrons. The lowest BCUT2D eigenvalue weighted by molar-refractivity contribution is -0.120. The van der Waals surface area contributed by atoms with Crippen LogP contribution >= 0.6 is 0 Å². The third kappa shape index (κ3) is 2.76. The molecule has 3 rings (SSSR count). The lowest BCUT2D eigenvalue weighted by atomic mass is 9.96. The van der Waals surface area contributed by atoms with Gasteiger partial charge in [0.1, 0.15) is 5.82 Å². The molecular formula is C19H20FNO. The van der Waals surface area contributed by atoms with Crippen molar-refractivity contribution in [1.82, 2.24) is 0 Å². The summed E-state index contributed by atoms with van der Waals surface area (Å²) in [5.74, 6) is -0.150. The maximum atomic E-state index is 13.3. The number of carbonyl (C=O) groups excluding carboxylic acids is 1. The minimum atomic E-state index is -0.231. The van der Waals surface area contributed by atoms with Crippen molar-refractivity contribution in [3.05, 3.63) is 53.3 Å². The van der Waals surface area contributed by atoms with Crippen molar-refractivity contribution in [2.24, 2.45) is 5.41 Å². The molecular weight excluding hydrogens is 277 g/mol. The molecule has 1 amide bonds. The van der Waals surface area contributed by atoms with E-state index in [1.165, 1.54) is 12.1 Å². The van der Waals surface area contributed by atoms with Crippen LogP contribution in [-0.4, -0.2) is 5.91 Å². The highest BCUT2D eigenvalue weighted by Crippen LogP contribution is 2.45. The fourth-order valence-corrected chi connectivity index (χ4v) is 2.62. The van der Waals surface area contributed by atoms with Gasteiger partial charge in [0, 0.05) is 11.1 Å². The first-order chi connectivity index (χ1) is 10.4. The van der Waals surface area contributed by atoms with Gasteiger partial charge in [-0.2, -0.15) is 0 Å². The van der Waals surface area contributed by atoms with E-state index in [4.69, 9.17) is 0 Å². The van der Waals surface area contributed by atoms with E-state index in [-0.39, 0.29) is 17.1 Å². The van der Waals surface area contributed by atoms with Crippen LogP contribution in [0.25, 0.3) is 11.1 Å². The number of benzene rings is 2. The Bertz CT molecular complexity index is 747. The normalized spacial score (nSPS) is 15.5. The molecule has 1 fully saturated rings. The van der Waals surface area contributed by atoms with E-state index >= 15 is 0 Å². The van der Waals surface area contributed by atoms with E-state index in [2.05, 4.69) is 5.32 Å². The Morgan fingerprint density at radius 1 is 1.05 bits per heavy atom. The first-order valence-electron chi connectivity index (χ1n) is 7.58. The molecule has 0 aromatic heterocycles. The molecule has 1 aliphatic rings. The van der Waals surface area contributed by atoms with Crippen LogP contribution in [0, 0.1) is 25.1 Å². The summed E-state index contributed by atoms with van der Waals surface area (Å²) < 4.78 is 13.3. The number of aryl methyl sites for hydroxylation is 2. The van der Waals surface area contributed by atoms with Gasteiger partial charge < -0.3 is 5.32 Å². The van der Waals surface area contributed by atoms with Crippen molar-refractivity contribution in [1.29, 1.82) is 0 Å². The van der Waals surface area contributed by atoms with Crippen LogP contribution in [-0.2, 0) is 4.79 Å². The molecule has 1 aliphatic carbocycles. The van der Waals surface area contributed by atoms with E-state index in [1.807, 2.05) is 39.0 Å². The monoisotopic (exact) mass is 297 g/mol. The maximum Gasteiger partial charge on any atom is 0.230 e. The Labute approximate surface area is 130 Å². The van der Waals surface area contributed by atoms with E-state index in [0.717, 1.165) is 40.8 Å². The van der Waals surface area contributed by atoms with Crippen LogP contribution in [0.15, 0.2) is 36.4 Å².